The predicted molar refractivity (Wildman–Crippen MR) is 39.7 cm³/mol. The van der Waals surface area contributed by atoms with Gasteiger partial charge in [-0.1, -0.05) is 0 Å². The molecule has 2 N–H and O–H groups in total. The lowest BCUT2D eigenvalue weighted by Crippen LogP contribution is -2.21. The quantitative estimate of drug-likeness (QED) is 0.505. The molecule has 1 aromatic heterocycles. The van der Waals surface area contributed by atoms with Gasteiger partial charge in [0.2, 0.25) is 5.43 Å². The highest BCUT2D eigenvalue weighted by atomic mass is 16.3. The van der Waals surface area contributed by atoms with Crippen molar-refractivity contribution in [3.05, 3.63) is 38.4 Å². The van der Waals surface area contributed by atoms with Gasteiger partial charge in [-0.05, 0) is 6.92 Å². The average Bonchev–Trinajstić information content (AvgIpc) is 2.05. The third-order valence-electron chi connectivity index (χ3n) is 1.32. The van der Waals surface area contributed by atoms with Crippen molar-refractivity contribution < 1.29 is 5.11 Å². The number of aromatic hydroxyl groups is 1. The van der Waals surface area contributed by atoms with Gasteiger partial charge in [-0.25, -0.2) is 0 Å². The highest BCUT2D eigenvalue weighted by molar-refractivity contribution is 5.25. The first-order valence-corrected chi connectivity index (χ1v) is 3.04. The minimum atomic E-state index is -0.740. The summed E-state index contributed by atoms with van der Waals surface area (Å²) in [5.41, 5.74) is -1.01. The summed E-state index contributed by atoms with van der Waals surface area (Å²) in [6.45, 7) is 1.59. The van der Waals surface area contributed by atoms with Crippen LogP contribution in [-0.2, 0) is 0 Å². The van der Waals surface area contributed by atoms with Crippen molar-refractivity contribution in [2.24, 2.45) is 0 Å². The van der Waals surface area contributed by atoms with Gasteiger partial charge in [0.15, 0.2) is 0 Å². The van der Waals surface area contributed by atoms with Crippen LogP contribution < -0.4 is 11.0 Å². The maximum Gasteiger partial charge on any atom is 0.295 e. The molecule has 11 heavy (non-hydrogen) atoms. The van der Waals surface area contributed by atoms with Gasteiger partial charge in [0.25, 0.3) is 5.56 Å². The first kappa shape index (κ1) is 7.53. The highest BCUT2D eigenvalue weighted by Gasteiger charge is 1.95. The van der Waals surface area contributed by atoms with Crippen LogP contribution in [0.25, 0.3) is 0 Å². The molecule has 0 fully saturated rings. The maximum atomic E-state index is 10.7. The van der Waals surface area contributed by atoms with Gasteiger partial charge in [-0.2, -0.15) is 0 Å². The van der Waals surface area contributed by atoms with E-state index in [4.69, 9.17) is 5.11 Å². The number of aromatic amines is 1. The van der Waals surface area contributed by atoms with Gasteiger partial charge in [0.05, 0.1) is 0 Å². The van der Waals surface area contributed by atoms with Gasteiger partial charge >= 0.3 is 0 Å². The summed E-state index contributed by atoms with van der Waals surface area (Å²) >= 11 is 0. The second kappa shape index (κ2) is 2.57. The molecule has 0 radical (unpaired) electrons. The molecule has 0 aliphatic carbocycles. The molecule has 0 atom stereocenters. The molecule has 0 unspecified atom stereocenters. The number of aromatic nitrogens is 1. The molecule has 1 aromatic rings. The first-order chi connectivity index (χ1) is 5.11. The molecule has 1 rings (SSSR count). The Labute approximate surface area is 62.1 Å². The minimum Gasteiger partial charge on any atom is -0.507 e. The number of hydrogen-bond donors (Lipinski definition) is 2. The van der Waals surface area contributed by atoms with Gasteiger partial charge in [0.1, 0.15) is 5.75 Å². The van der Waals surface area contributed by atoms with Crippen LogP contribution in [0.3, 0.4) is 0 Å². The van der Waals surface area contributed by atoms with E-state index in [2.05, 4.69) is 4.98 Å². The van der Waals surface area contributed by atoms with Crippen molar-refractivity contribution in [3.63, 3.8) is 0 Å². The summed E-state index contributed by atoms with van der Waals surface area (Å²) < 4.78 is 0. The molecule has 1 heterocycles. The standard InChI is InChI=1S/C7H7NO3/c1-4-3-8-7(11)6(10)2-5(4)9/h2-3,9H,1H3,(H,8,10,11). The Morgan fingerprint density at radius 2 is 2.09 bits per heavy atom. The normalized spacial score (nSPS) is 9.55. The smallest absolute Gasteiger partial charge is 0.295 e. The monoisotopic (exact) mass is 153 g/mol. The first-order valence-electron chi connectivity index (χ1n) is 3.04. The SMILES string of the molecule is Cc1c[nH]c(=O)c(=O)cc1O. The largest absolute Gasteiger partial charge is 0.507 e. The van der Waals surface area contributed by atoms with Crippen LogP contribution in [0.1, 0.15) is 5.56 Å². The summed E-state index contributed by atoms with van der Waals surface area (Å²) in [6, 6.07) is 0.897. The van der Waals surface area contributed by atoms with Crippen LogP contribution in [0, 0.1) is 6.92 Å². The van der Waals surface area contributed by atoms with Crippen molar-refractivity contribution in [2.45, 2.75) is 6.92 Å². The molecule has 0 saturated carbocycles. The van der Waals surface area contributed by atoms with Gasteiger partial charge in [-0.15, -0.1) is 0 Å². The third-order valence-corrected chi connectivity index (χ3v) is 1.32. The van der Waals surface area contributed by atoms with Gasteiger partial charge in [0, 0.05) is 17.8 Å². The van der Waals surface area contributed by atoms with E-state index in [0.717, 1.165) is 6.07 Å². The van der Waals surface area contributed by atoms with Crippen molar-refractivity contribution in [1.82, 2.24) is 4.98 Å². The zero-order chi connectivity index (χ0) is 8.43. The predicted octanol–water partition coefficient (Wildman–Crippen LogP) is -0.251. The summed E-state index contributed by atoms with van der Waals surface area (Å²) in [5, 5.41) is 9.03. The van der Waals surface area contributed by atoms with Gasteiger partial charge in [-0.3, -0.25) is 9.59 Å². The van der Waals surface area contributed by atoms with Crippen molar-refractivity contribution in [1.29, 1.82) is 0 Å². The zero-order valence-corrected chi connectivity index (χ0v) is 5.92. The fourth-order valence-corrected chi connectivity index (χ4v) is 0.622. The number of hydrogen-bond acceptors (Lipinski definition) is 3. The van der Waals surface area contributed by atoms with Crippen LogP contribution in [-0.4, -0.2) is 10.1 Å². The van der Waals surface area contributed by atoms with Crippen LogP contribution in [0.15, 0.2) is 21.9 Å². The van der Waals surface area contributed by atoms with Crippen LogP contribution in [0.2, 0.25) is 0 Å². The molecule has 4 heteroatoms. The molecule has 0 amide bonds. The van der Waals surface area contributed by atoms with E-state index >= 15 is 0 Å². The lowest BCUT2D eigenvalue weighted by Gasteiger charge is -1.85. The molecule has 0 bridgehead atoms. The molecule has 58 valence electrons. The number of rotatable bonds is 0. The van der Waals surface area contributed by atoms with Gasteiger partial charge < -0.3 is 10.1 Å². The Morgan fingerprint density at radius 3 is 2.73 bits per heavy atom. The van der Waals surface area contributed by atoms with Crippen molar-refractivity contribution in [2.75, 3.05) is 0 Å². The Bertz CT molecular complexity index is 380. The van der Waals surface area contributed by atoms with Crippen molar-refractivity contribution in [3.8, 4) is 5.75 Å². The Morgan fingerprint density at radius 1 is 1.45 bits per heavy atom. The Hall–Kier alpha value is -1.58. The van der Waals surface area contributed by atoms with E-state index in [1.807, 2.05) is 0 Å². The average molecular weight is 153 g/mol. The molecule has 0 aliphatic heterocycles. The van der Waals surface area contributed by atoms with E-state index in [0.29, 0.717) is 5.56 Å². The summed E-state index contributed by atoms with van der Waals surface area (Å²) in [7, 11) is 0. The zero-order valence-electron chi connectivity index (χ0n) is 5.92. The van der Waals surface area contributed by atoms with E-state index in [1.54, 1.807) is 6.92 Å². The molecular weight excluding hydrogens is 146 g/mol. The van der Waals surface area contributed by atoms with E-state index in [9.17, 15) is 9.59 Å². The molecule has 0 aliphatic rings. The minimum absolute atomic E-state index is 0.173. The lowest BCUT2D eigenvalue weighted by molar-refractivity contribution is 0.471. The van der Waals surface area contributed by atoms with E-state index in [1.165, 1.54) is 6.20 Å². The number of aryl methyl sites for hydroxylation is 1. The summed E-state index contributed by atoms with van der Waals surface area (Å²) in [5.74, 6) is -0.173. The second-order valence-electron chi connectivity index (χ2n) is 2.19. The third kappa shape index (κ3) is 1.46. The van der Waals surface area contributed by atoms with Crippen LogP contribution in [0.4, 0.5) is 0 Å². The second-order valence-corrected chi connectivity index (χ2v) is 2.19. The fourth-order valence-electron chi connectivity index (χ4n) is 0.622. The van der Waals surface area contributed by atoms with Crippen LogP contribution >= 0.6 is 0 Å². The summed E-state index contributed by atoms with van der Waals surface area (Å²) in [4.78, 5) is 23.5. The van der Waals surface area contributed by atoms with E-state index in [-0.39, 0.29) is 5.75 Å². The highest BCUT2D eigenvalue weighted by Crippen LogP contribution is 2.07. The summed E-state index contributed by atoms with van der Waals surface area (Å²) in [6.07, 6.45) is 1.29. The fraction of sp³-hybridized carbons (Fsp3) is 0.143. The lowest BCUT2D eigenvalue weighted by atomic mass is 10.3. The maximum absolute atomic E-state index is 10.7. The molecule has 4 nitrogen and oxygen atoms in total. The Balaban J connectivity index is 3.68. The Kier molecular flexibility index (Phi) is 1.76. The molecular formula is C7H7NO3. The topological polar surface area (TPSA) is 70.2 Å². The molecule has 0 aromatic carbocycles. The van der Waals surface area contributed by atoms with E-state index < -0.39 is 11.0 Å². The molecule has 0 spiro atoms. The van der Waals surface area contributed by atoms with Crippen molar-refractivity contribution >= 4 is 0 Å². The number of H-pyrrole nitrogens is 1. The molecule has 0 saturated heterocycles. The van der Waals surface area contributed by atoms with Crippen LogP contribution in [0.5, 0.6) is 5.75 Å². The number of nitrogens with one attached hydrogen (secondary N) is 1.